The minimum absolute atomic E-state index is 0. The van der Waals surface area contributed by atoms with Crippen molar-refractivity contribution in [3.8, 4) is 0 Å². The molecule has 5 N–H and O–H groups in total. The van der Waals surface area contributed by atoms with Crippen LogP contribution in [0, 0.1) is 41.4 Å². The molecule has 0 bridgehead atoms. The summed E-state index contributed by atoms with van der Waals surface area (Å²) < 4.78 is 24.8. The highest BCUT2D eigenvalue weighted by molar-refractivity contribution is 5.88. The second-order valence-corrected chi connectivity index (χ2v) is 18.9. The quantitative estimate of drug-likeness (QED) is 0.0819. The highest BCUT2D eigenvalue weighted by Gasteiger charge is 2.30. The molecule has 1 saturated heterocycles. The molecule has 1 aliphatic heterocycles. The van der Waals surface area contributed by atoms with Gasteiger partial charge in [-0.3, -0.25) is 33.6 Å². The Labute approximate surface area is 389 Å². The molecule has 0 aromatic carbocycles. The van der Waals surface area contributed by atoms with Crippen molar-refractivity contribution in [1.82, 2.24) is 5.32 Å². The summed E-state index contributed by atoms with van der Waals surface area (Å²) in [4.78, 5) is 79.4. The van der Waals surface area contributed by atoms with E-state index in [0.717, 1.165) is 19.4 Å². The van der Waals surface area contributed by atoms with Crippen LogP contribution in [0.5, 0.6) is 0 Å². The summed E-state index contributed by atoms with van der Waals surface area (Å²) in [5.74, 6) is -1.23. The van der Waals surface area contributed by atoms with Crippen LogP contribution in [0.3, 0.4) is 0 Å². The number of hydrogen-bond acceptors (Lipinski definition) is 15. The molecule has 0 unspecified atom stereocenters. The van der Waals surface area contributed by atoms with E-state index >= 15 is 0 Å². The van der Waals surface area contributed by atoms with E-state index in [-0.39, 0.29) is 128 Å². The van der Waals surface area contributed by atoms with Crippen LogP contribution in [0.4, 0.5) is 0 Å². The molecule has 0 aliphatic carbocycles. The Morgan fingerprint density at radius 3 is 1.22 bits per heavy atom. The molecule has 0 aromatic heterocycles. The fourth-order valence-corrected chi connectivity index (χ4v) is 5.04. The van der Waals surface area contributed by atoms with Crippen LogP contribution in [0.15, 0.2) is 0 Å². The number of nitrogens with two attached hydrogens (primary N) is 2. The van der Waals surface area contributed by atoms with E-state index in [1.165, 1.54) is 6.92 Å². The Bertz CT molecular complexity index is 1290. The second-order valence-electron chi connectivity index (χ2n) is 18.9. The molecule has 15 heteroatoms. The Hall–Kier alpha value is -3.43. The molecule has 0 aromatic rings. The van der Waals surface area contributed by atoms with Gasteiger partial charge < -0.3 is 40.5 Å². The highest BCUT2D eigenvalue weighted by atomic mass is 16.6. The average Bonchev–Trinajstić information content (AvgIpc) is 3.67. The first kappa shape index (κ1) is 69.6. The minimum Gasteiger partial charge on any atom is -0.463 e. The van der Waals surface area contributed by atoms with Crippen LogP contribution in [0.1, 0.15) is 179 Å². The molecular formula is C49H97N3O12. The number of carbonyl (C=O) groups is 7. The standard InChI is InChI=1S/C14H27NO3.C13H24O3.C8H15NO2.C8H17NO2.C5H10O2.CH4/c1-8(2)11(14(17)18-10(5)6)7-12(16)13(15)9(3)4;1-8(2)11(6)12(14)7-10(5)13(15)16-9(3)4;1-6(2)11-8(10)7-4-3-5-9-7;1-5(2)7(9)8(10)11-6(3)4;1-4(2)7-5(3)6;/h8-11,13H,7,15H2,1-6H3;8-11H,7H2,1-6H3;6-7,9H,3-5H2,1-2H3;5-7H,9H2,1-4H3;4H,1-3H3;1H4/t11-,13-;10-,11+;2*7-;;/m0100../s1. The third-order valence-corrected chi connectivity index (χ3v) is 9.18. The number of carbonyl (C=O) groups excluding carboxylic acids is 7. The van der Waals surface area contributed by atoms with Gasteiger partial charge in [-0.05, 0) is 112 Å². The summed E-state index contributed by atoms with van der Waals surface area (Å²) >= 11 is 0. The summed E-state index contributed by atoms with van der Waals surface area (Å²) in [6, 6.07) is -1.03. The van der Waals surface area contributed by atoms with Gasteiger partial charge in [0.1, 0.15) is 17.9 Å². The van der Waals surface area contributed by atoms with Gasteiger partial charge in [0.05, 0.1) is 48.4 Å². The van der Waals surface area contributed by atoms with Crippen molar-refractivity contribution >= 4 is 41.4 Å². The van der Waals surface area contributed by atoms with Gasteiger partial charge in [-0.1, -0.05) is 76.7 Å². The SMILES string of the molecule is C.CC(=O)OC(C)C.CC(C)OC(=O)[C@@H](CC(=O)[C@@H](N)C(C)C)C(C)C.CC(C)OC(=O)[C@@H](N)C(C)C.CC(C)OC(=O)[C@@H]1CCCN1.CC(C)OC(=O)[C@H](C)CC(=O)[C@@H](C)C(C)C. The molecule has 0 amide bonds. The van der Waals surface area contributed by atoms with Crippen LogP contribution in [0.2, 0.25) is 0 Å². The number of ketones is 2. The average molecular weight is 920 g/mol. The predicted molar refractivity (Wildman–Crippen MR) is 256 cm³/mol. The Morgan fingerprint density at radius 1 is 0.500 bits per heavy atom. The Kier molecular flexibility index (Phi) is 41.1. The number of esters is 5. The lowest BCUT2D eigenvalue weighted by Crippen LogP contribution is -2.39. The third kappa shape index (κ3) is 37.9. The van der Waals surface area contributed by atoms with Gasteiger partial charge in [0.15, 0.2) is 5.78 Å². The van der Waals surface area contributed by atoms with Crippen LogP contribution in [0.25, 0.3) is 0 Å². The molecule has 1 heterocycles. The summed E-state index contributed by atoms with van der Waals surface area (Å²) in [5, 5.41) is 3.09. The second kappa shape index (κ2) is 37.8. The first-order valence-electron chi connectivity index (χ1n) is 23.0. The van der Waals surface area contributed by atoms with Crippen LogP contribution < -0.4 is 16.8 Å². The smallest absolute Gasteiger partial charge is 0.323 e. The van der Waals surface area contributed by atoms with Gasteiger partial charge in [-0.25, -0.2) is 0 Å². The molecule has 15 nitrogen and oxygen atoms in total. The summed E-state index contributed by atoms with van der Waals surface area (Å²) in [6.45, 7) is 39.7. The van der Waals surface area contributed by atoms with Crippen LogP contribution in [-0.4, -0.2) is 96.6 Å². The van der Waals surface area contributed by atoms with Gasteiger partial charge in [0, 0.05) is 25.7 Å². The fourth-order valence-electron chi connectivity index (χ4n) is 5.04. The number of hydrogen-bond donors (Lipinski definition) is 3. The lowest BCUT2D eigenvalue weighted by molar-refractivity contribution is -0.156. The van der Waals surface area contributed by atoms with Crippen molar-refractivity contribution in [2.24, 2.45) is 52.9 Å². The molecule has 0 saturated carbocycles. The first-order valence-corrected chi connectivity index (χ1v) is 23.0. The zero-order chi connectivity index (χ0) is 50.5. The lowest BCUT2D eigenvalue weighted by Gasteiger charge is -2.22. The van der Waals surface area contributed by atoms with E-state index < -0.39 is 18.0 Å². The maximum atomic E-state index is 12.0. The van der Waals surface area contributed by atoms with E-state index in [1.54, 1.807) is 20.8 Å². The number of nitrogens with one attached hydrogen (secondary N) is 1. The lowest BCUT2D eigenvalue weighted by atomic mass is 9.87. The number of ether oxygens (including phenoxy) is 5. The van der Waals surface area contributed by atoms with Gasteiger partial charge in [-0.15, -0.1) is 0 Å². The van der Waals surface area contributed by atoms with E-state index in [0.29, 0.717) is 5.92 Å². The molecule has 0 radical (unpaired) electrons. The highest BCUT2D eigenvalue weighted by Crippen LogP contribution is 2.20. The summed E-state index contributed by atoms with van der Waals surface area (Å²) in [5.41, 5.74) is 11.3. The first-order chi connectivity index (χ1) is 28.7. The monoisotopic (exact) mass is 920 g/mol. The van der Waals surface area contributed by atoms with Crippen molar-refractivity contribution in [3.63, 3.8) is 0 Å². The molecule has 6 atom stereocenters. The topological polar surface area (TPSA) is 230 Å². The molecule has 0 spiro atoms. The molecule has 1 aliphatic rings. The largest absolute Gasteiger partial charge is 0.463 e. The van der Waals surface area contributed by atoms with E-state index in [1.807, 2.05) is 118 Å². The van der Waals surface area contributed by atoms with Crippen molar-refractivity contribution in [2.45, 2.75) is 227 Å². The zero-order valence-corrected chi connectivity index (χ0v) is 43.2. The number of rotatable bonds is 19. The van der Waals surface area contributed by atoms with Crippen molar-refractivity contribution in [1.29, 1.82) is 0 Å². The summed E-state index contributed by atoms with van der Waals surface area (Å²) in [7, 11) is 0. The summed E-state index contributed by atoms with van der Waals surface area (Å²) in [6.07, 6.45) is 2.13. The third-order valence-electron chi connectivity index (χ3n) is 9.18. The van der Waals surface area contributed by atoms with Gasteiger partial charge in [-0.2, -0.15) is 0 Å². The van der Waals surface area contributed by atoms with E-state index in [2.05, 4.69) is 10.1 Å². The van der Waals surface area contributed by atoms with E-state index in [9.17, 15) is 33.6 Å². The van der Waals surface area contributed by atoms with Crippen LogP contribution in [-0.2, 0) is 57.2 Å². The predicted octanol–water partition coefficient (Wildman–Crippen LogP) is 8.18. The molecule has 380 valence electrons. The molecule has 64 heavy (non-hydrogen) atoms. The Morgan fingerprint density at radius 2 is 0.906 bits per heavy atom. The van der Waals surface area contributed by atoms with Crippen molar-refractivity contribution < 1.29 is 57.2 Å². The maximum absolute atomic E-state index is 12.0. The Balaban J connectivity index is -0.000000233. The molecule has 1 fully saturated rings. The van der Waals surface area contributed by atoms with Gasteiger partial charge in [0.2, 0.25) is 0 Å². The number of Topliss-reactive ketones (excluding diaryl/α,β-unsaturated/α-hetero) is 2. The zero-order valence-electron chi connectivity index (χ0n) is 43.2. The van der Waals surface area contributed by atoms with Gasteiger partial charge in [0.25, 0.3) is 0 Å². The maximum Gasteiger partial charge on any atom is 0.323 e. The normalized spacial score (nSPS) is 15.5. The van der Waals surface area contributed by atoms with Crippen molar-refractivity contribution in [3.05, 3.63) is 0 Å². The minimum atomic E-state index is -0.502. The fraction of sp³-hybridized carbons (Fsp3) is 0.857. The molecular weight excluding hydrogens is 823 g/mol. The van der Waals surface area contributed by atoms with Crippen LogP contribution >= 0.6 is 0 Å². The van der Waals surface area contributed by atoms with E-state index in [4.69, 9.17) is 30.4 Å². The van der Waals surface area contributed by atoms with Crippen molar-refractivity contribution in [2.75, 3.05) is 6.54 Å². The van der Waals surface area contributed by atoms with Gasteiger partial charge >= 0.3 is 29.8 Å². The molecule has 1 rings (SSSR count).